The molecule has 2 aliphatic rings. The minimum Gasteiger partial charge on any atom is -0.298 e. The van der Waals surface area contributed by atoms with Gasteiger partial charge in [0, 0.05) is 25.0 Å². The predicted octanol–water partition coefficient (Wildman–Crippen LogP) is 2.75. The monoisotopic (exact) mass is 256 g/mol. The average Bonchev–Trinajstić information content (AvgIpc) is 2.24. The largest absolute Gasteiger partial charge is 0.298 e. The maximum atomic E-state index is 2.74. The molecule has 0 amide bonds. The molecule has 100 valence electrons. The van der Waals surface area contributed by atoms with Crippen molar-refractivity contribution in [3.8, 4) is 0 Å². The van der Waals surface area contributed by atoms with Crippen molar-refractivity contribution in [2.24, 2.45) is 11.8 Å². The van der Waals surface area contributed by atoms with Gasteiger partial charge in [-0.1, -0.05) is 13.8 Å². The quantitative estimate of drug-likeness (QED) is 0.747. The first-order valence-corrected chi connectivity index (χ1v) is 8.53. The molecule has 17 heavy (non-hydrogen) atoms. The molecule has 2 saturated heterocycles. The molecule has 0 N–H and O–H groups in total. The Morgan fingerprint density at radius 2 is 1.82 bits per heavy atom. The van der Waals surface area contributed by atoms with E-state index >= 15 is 0 Å². The summed E-state index contributed by atoms with van der Waals surface area (Å²) in [4.78, 5) is 5.31. The van der Waals surface area contributed by atoms with Gasteiger partial charge in [-0.3, -0.25) is 9.80 Å². The molecule has 0 aliphatic carbocycles. The van der Waals surface area contributed by atoms with Crippen molar-refractivity contribution in [3.05, 3.63) is 0 Å². The highest BCUT2D eigenvalue weighted by Crippen LogP contribution is 2.27. The van der Waals surface area contributed by atoms with Gasteiger partial charge in [0.2, 0.25) is 0 Å². The topological polar surface area (TPSA) is 6.48 Å². The SMILES string of the molecule is CSCN1CC(N2CCC(CC(C)C)CC2)C1. The molecule has 0 aromatic carbocycles. The molecule has 3 heteroatoms. The van der Waals surface area contributed by atoms with Gasteiger partial charge in [-0.15, -0.1) is 11.8 Å². The van der Waals surface area contributed by atoms with Crippen LogP contribution in [0.3, 0.4) is 0 Å². The molecule has 0 radical (unpaired) electrons. The van der Waals surface area contributed by atoms with Gasteiger partial charge >= 0.3 is 0 Å². The zero-order valence-electron chi connectivity index (χ0n) is 11.7. The van der Waals surface area contributed by atoms with E-state index < -0.39 is 0 Å². The van der Waals surface area contributed by atoms with Crippen LogP contribution in [0.5, 0.6) is 0 Å². The second-order valence-corrected chi connectivity index (χ2v) is 7.05. The molecule has 0 saturated carbocycles. The standard InChI is InChI=1S/C14H28N2S/c1-12(2)8-13-4-6-16(7-5-13)14-9-15(10-14)11-17-3/h12-14H,4-11H2,1-3H3. The Hall–Kier alpha value is 0.270. The van der Waals surface area contributed by atoms with Crippen LogP contribution in [0.15, 0.2) is 0 Å². The van der Waals surface area contributed by atoms with Crippen molar-refractivity contribution in [1.29, 1.82) is 0 Å². The molecule has 0 spiro atoms. The molecular formula is C14H28N2S. The van der Waals surface area contributed by atoms with E-state index in [0.29, 0.717) is 0 Å². The molecular weight excluding hydrogens is 228 g/mol. The van der Waals surface area contributed by atoms with Gasteiger partial charge in [-0.2, -0.15) is 0 Å². The molecule has 0 atom stereocenters. The Morgan fingerprint density at radius 3 is 2.35 bits per heavy atom. The smallest absolute Gasteiger partial charge is 0.0442 e. The van der Waals surface area contributed by atoms with Gasteiger partial charge in [0.05, 0.1) is 0 Å². The summed E-state index contributed by atoms with van der Waals surface area (Å²) in [5.41, 5.74) is 0. The summed E-state index contributed by atoms with van der Waals surface area (Å²) >= 11 is 1.95. The summed E-state index contributed by atoms with van der Waals surface area (Å²) in [6.45, 7) is 10.1. The van der Waals surface area contributed by atoms with E-state index in [0.717, 1.165) is 17.9 Å². The van der Waals surface area contributed by atoms with Crippen molar-refractivity contribution >= 4 is 11.8 Å². The van der Waals surface area contributed by atoms with Gasteiger partial charge in [-0.25, -0.2) is 0 Å². The molecule has 0 aromatic heterocycles. The van der Waals surface area contributed by atoms with E-state index in [4.69, 9.17) is 0 Å². The third kappa shape index (κ3) is 3.87. The Bertz CT molecular complexity index is 218. The van der Waals surface area contributed by atoms with Crippen LogP contribution in [0.4, 0.5) is 0 Å². The van der Waals surface area contributed by atoms with Gasteiger partial charge in [0.1, 0.15) is 0 Å². The molecule has 2 rings (SSSR count). The summed E-state index contributed by atoms with van der Waals surface area (Å²) in [5, 5.41) is 0. The first-order valence-electron chi connectivity index (χ1n) is 7.14. The van der Waals surface area contributed by atoms with Crippen LogP contribution < -0.4 is 0 Å². The number of hydrogen-bond donors (Lipinski definition) is 0. The lowest BCUT2D eigenvalue weighted by molar-refractivity contribution is 0.0237. The predicted molar refractivity (Wildman–Crippen MR) is 77.5 cm³/mol. The fraction of sp³-hybridized carbons (Fsp3) is 1.00. The fourth-order valence-corrected chi connectivity index (χ4v) is 3.86. The van der Waals surface area contributed by atoms with Crippen molar-refractivity contribution in [2.75, 3.05) is 38.3 Å². The van der Waals surface area contributed by atoms with Crippen LogP contribution in [-0.2, 0) is 0 Å². The highest BCUT2D eigenvalue weighted by Gasteiger charge is 2.33. The number of hydrogen-bond acceptors (Lipinski definition) is 3. The molecule has 2 fully saturated rings. The summed E-state index contributed by atoms with van der Waals surface area (Å²) in [6.07, 6.45) is 6.52. The Balaban J connectivity index is 1.63. The van der Waals surface area contributed by atoms with E-state index in [-0.39, 0.29) is 0 Å². The summed E-state index contributed by atoms with van der Waals surface area (Å²) in [6, 6.07) is 0.877. The Labute approximate surface area is 111 Å². The molecule has 0 unspecified atom stereocenters. The Morgan fingerprint density at radius 1 is 1.18 bits per heavy atom. The van der Waals surface area contributed by atoms with Crippen LogP contribution in [0.25, 0.3) is 0 Å². The summed E-state index contributed by atoms with van der Waals surface area (Å²) < 4.78 is 0. The number of thioether (sulfide) groups is 1. The van der Waals surface area contributed by atoms with Crippen molar-refractivity contribution < 1.29 is 0 Å². The van der Waals surface area contributed by atoms with Crippen molar-refractivity contribution in [3.63, 3.8) is 0 Å². The lowest BCUT2D eigenvalue weighted by Gasteiger charge is -2.47. The second-order valence-electron chi connectivity index (χ2n) is 6.22. The molecule has 2 heterocycles. The zero-order chi connectivity index (χ0) is 12.3. The number of rotatable bonds is 5. The van der Waals surface area contributed by atoms with E-state index in [1.54, 1.807) is 0 Å². The normalized spacial score (nSPS) is 25.4. The minimum absolute atomic E-state index is 0.877. The maximum Gasteiger partial charge on any atom is 0.0442 e. The molecule has 0 bridgehead atoms. The number of piperidine rings is 1. The lowest BCUT2D eigenvalue weighted by Crippen LogP contribution is -2.60. The van der Waals surface area contributed by atoms with Crippen LogP contribution in [-0.4, -0.2) is 54.2 Å². The molecule has 2 aliphatic heterocycles. The van der Waals surface area contributed by atoms with Crippen molar-refractivity contribution in [1.82, 2.24) is 9.80 Å². The van der Waals surface area contributed by atoms with Gasteiger partial charge in [0.25, 0.3) is 0 Å². The average molecular weight is 256 g/mol. The summed E-state index contributed by atoms with van der Waals surface area (Å²) in [5.74, 6) is 3.11. The van der Waals surface area contributed by atoms with Crippen LogP contribution in [0.2, 0.25) is 0 Å². The summed E-state index contributed by atoms with van der Waals surface area (Å²) in [7, 11) is 0. The highest BCUT2D eigenvalue weighted by atomic mass is 32.2. The number of nitrogens with zero attached hydrogens (tertiary/aromatic N) is 2. The minimum atomic E-state index is 0.877. The van der Waals surface area contributed by atoms with E-state index in [2.05, 4.69) is 29.9 Å². The fourth-order valence-electron chi connectivity index (χ4n) is 3.28. The highest BCUT2D eigenvalue weighted by molar-refractivity contribution is 7.98. The van der Waals surface area contributed by atoms with Gasteiger partial charge in [0.15, 0.2) is 0 Å². The van der Waals surface area contributed by atoms with Gasteiger partial charge in [-0.05, 0) is 50.4 Å². The third-order valence-electron chi connectivity index (χ3n) is 4.22. The van der Waals surface area contributed by atoms with Gasteiger partial charge < -0.3 is 0 Å². The third-order valence-corrected chi connectivity index (χ3v) is 4.84. The first kappa shape index (κ1) is 13.7. The van der Waals surface area contributed by atoms with Crippen molar-refractivity contribution in [2.45, 2.75) is 39.2 Å². The molecule has 0 aromatic rings. The number of likely N-dealkylation sites (tertiary alicyclic amines) is 2. The van der Waals surface area contributed by atoms with Crippen LogP contribution in [0.1, 0.15) is 33.1 Å². The van der Waals surface area contributed by atoms with E-state index in [1.807, 2.05) is 11.8 Å². The zero-order valence-corrected chi connectivity index (χ0v) is 12.5. The van der Waals surface area contributed by atoms with E-state index in [9.17, 15) is 0 Å². The molecule has 2 nitrogen and oxygen atoms in total. The maximum absolute atomic E-state index is 2.74. The van der Waals surface area contributed by atoms with E-state index in [1.165, 1.54) is 51.3 Å². The second kappa shape index (κ2) is 6.44. The lowest BCUT2D eigenvalue weighted by atomic mass is 9.87. The van der Waals surface area contributed by atoms with Crippen LogP contribution in [0, 0.1) is 11.8 Å². The van der Waals surface area contributed by atoms with Crippen LogP contribution >= 0.6 is 11.8 Å². The Kier molecular flexibility index (Phi) is 5.19. The first-order chi connectivity index (χ1) is 8.19.